The summed E-state index contributed by atoms with van der Waals surface area (Å²) in [6, 6.07) is 13.5. The van der Waals surface area contributed by atoms with Gasteiger partial charge >= 0.3 is 5.97 Å². The molecule has 4 rings (SSSR count). The number of thiophene rings is 1. The zero-order valence-corrected chi connectivity index (χ0v) is 16.7. The maximum atomic E-state index is 13.4. The Morgan fingerprint density at radius 2 is 1.97 bits per heavy atom. The minimum Gasteiger partial charge on any atom is -0.422 e. The minimum atomic E-state index is -0.636. The fraction of sp³-hybridized carbons (Fsp3) is 0. The number of benzene rings is 2. The van der Waals surface area contributed by atoms with Crippen LogP contribution in [0.5, 0.6) is 5.75 Å². The van der Waals surface area contributed by atoms with E-state index in [2.05, 4.69) is 5.43 Å². The van der Waals surface area contributed by atoms with Gasteiger partial charge in [0.15, 0.2) is 0 Å². The molecule has 30 heavy (non-hydrogen) atoms. The van der Waals surface area contributed by atoms with Crippen LogP contribution in [0.1, 0.15) is 15.2 Å². The van der Waals surface area contributed by atoms with Gasteiger partial charge in [-0.15, -0.1) is 11.3 Å². The molecule has 150 valence electrons. The van der Waals surface area contributed by atoms with E-state index in [1.165, 1.54) is 35.6 Å². The molecule has 0 radical (unpaired) electrons. The lowest BCUT2D eigenvalue weighted by atomic mass is 10.1. The van der Waals surface area contributed by atoms with Crippen molar-refractivity contribution >= 4 is 52.5 Å². The first kappa shape index (κ1) is 19.8. The van der Waals surface area contributed by atoms with E-state index in [9.17, 15) is 18.8 Å². The number of ether oxygens (including phenoxy) is 1. The van der Waals surface area contributed by atoms with Crippen LogP contribution in [-0.2, 0) is 9.59 Å². The van der Waals surface area contributed by atoms with Crippen LogP contribution < -0.4 is 15.2 Å². The third-order valence-corrected chi connectivity index (χ3v) is 5.29. The number of anilines is 1. The van der Waals surface area contributed by atoms with Gasteiger partial charge in [0.1, 0.15) is 22.0 Å². The fourth-order valence-electron chi connectivity index (χ4n) is 2.75. The predicted molar refractivity (Wildman–Crippen MR) is 111 cm³/mol. The van der Waals surface area contributed by atoms with Gasteiger partial charge in [0.2, 0.25) is 0 Å². The summed E-state index contributed by atoms with van der Waals surface area (Å²) in [5.74, 6) is -2.10. The van der Waals surface area contributed by atoms with Crippen molar-refractivity contribution < 1.29 is 23.5 Å². The number of hydrogen-bond acceptors (Lipinski definition) is 5. The topological polar surface area (TPSA) is 75.7 Å². The summed E-state index contributed by atoms with van der Waals surface area (Å²) in [6.07, 6.45) is 1.38. The third-order valence-electron chi connectivity index (χ3n) is 4.15. The van der Waals surface area contributed by atoms with Gasteiger partial charge in [0, 0.05) is 0 Å². The van der Waals surface area contributed by atoms with Gasteiger partial charge in [-0.3, -0.25) is 15.0 Å². The highest BCUT2D eigenvalue weighted by atomic mass is 35.5. The molecule has 2 amide bonds. The molecule has 0 bridgehead atoms. The van der Waals surface area contributed by atoms with E-state index >= 15 is 0 Å². The number of carbonyl (C=O) groups excluding carboxylic acids is 3. The first-order valence-electron chi connectivity index (χ1n) is 8.60. The number of rotatable bonds is 4. The van der Waals surface area contributed by atoms with Crippen molar-refractivity contribution in [1.29, 1.82) is 0 Å². The molecule has 1 saturated heterocycles. The minimum absolute atomic E-state index is 0.128. The van der Waals surface area contributed by atoms with Crippen LogP contribution in [0.25, 0.3) is 6.08 Å². The van der Waals surface area contributed by atoms with Crippen LogP contribution in [-0.4, -0.2) is 17.8 Å². The lowest BCUT2D eigenvalue weighted by Gasteiger charge is -2.14. The van der Waals surface area contributed by atoms with Crippen LogP contribution in [0.4, 0.5) is 10.1 Å². The monoisotopic (exact) mass is 442 g/mol. The van der Waals surface area contributed by atoms with Crippen molar-refractivity contribution in [1.82, 2.24) is 5.43 Å². The van der Waals surface area contributed by atoms with E-state index in [1.807, 2.05) is 0 Å². The van der Waals surface area contributed by atoms with Crippen molar-refractivity contribution in [2.45, 2.75) is 0 Å². The molecule has 1 aliphatic rings. The summed E-state index contributed by atoms with van der Waals surface area (Å²) in [7, 11) is 0. The zero-order chi connectivity index (χ0) is 21.3. The second-order valence-electron chi connectivity index (χ2n) is 6.18. The van der Waals surface area contributed by atoms with E-state index in [0.29, 0.717) is 10.4 Å². The Hall–Kier alpha value is -3.49. The normalized spacial score (nSPS) is 14.9. The Kier molecular flexibility index (Phi) is 5.35. The molecule has 1 aliphatic heterocycles. The predicted octanol–water partition coefficient (Wildman–Crippen LogP) is 4.22. The van der Waals surface area contributed by atoms with Crippen LogP contribution >= 0.6 is 22.9 Å². The molecule has 0 atom stereocenters. The first-order chi connectivity index (χ1) is 14.4. The highest BCUT2D eigenvalue weighted by Gasteiger charge is 2.34. The molecule has 2 heterocycles. The number of amides is 2. The molecule has 2 aromatic carbocycles. The van der Waals surface area contributed by atoms with E-state index in [1.54, 1.807) is 35.7 Å². The van der Waals surface area contributed by atoms with Gasteiger partial charge in [-0.05, 0) is 53.4 Å². The van der Waals surface area contributed by atoms with Crippen LogP contribution in [0.2, 0.25) is 5.02 Å². The Morgan fingerprint density at radius 3 is 2.70 bits per heavy atom. The smallest absolute Gasteiger partial charge is 0.353 e. The van der Waals surface area contributed by atoms with Gasteiger partial charge in [-0.25, -0.2) is 14.2 Å². The van der Waals surface area contributed by atoms with Crippen molar-refractivity contribution in [2.24, 2.45) is 0 Å². The largest absolute Gasteiger partial charge is 0.422 e. The summed E-state index contributed by atoms with van der Waals surface area (Å²) >= 11 is 7.02. The number of nitrogens with one attached hydrogen (secondary N) is 1. The summed E-state index contributed by atoms with van der Waals surface area (Å²) in [4.78, 5) is 37.6. The molecule has 1 fully saturated rings. The van der Waals surface area contributed by atoms with Crippen molar-refractivity contribution in [3.05, 3.63) is 86.8 Å². The lowest BCUT2D eigenvalue weighted by molar-refractivity contribution is -0.117. The van der Waals surface area contributed by atoms with Crippen molar-refractivity contribution in [2.75, 3.05) is 5.01 Å². The van der Waals surface area contributed by atoms with Gasteiger partial charge in [-0.1, -0.05) is 29.8 Å². The Labute approximate surface area is 179 Å². The highest BCUT2D eigenvalue weighted by Crippen LogP contribution is 2.26. The third kappa shape index (κ3) is 3.96. The zero-order valence-electron chi connectivity index (χ0n) is 15.1. The Balaban J connectivity index is 1.57. The molecule has 0 saturated carbocycles. The molecule has 0 unspecified atom stereocenters. The standard InChI is InChI=1S/C21H12ClFN2O4S/c22-16-11-13(6-7-17(16)23)25-20(27)15(19(26)24-25)10-12-3-1-4-14(9-12)29-21(28)18-5-2-8-30-18/h1-11H,(H,24,26)/b15-10+. The average Bonchev–Trinajstić information content (AvgIpc) is 3.35. The fourth-order valence-corrected chi connectivity index (χ4v) is 3.52. The number of esters is 1. The number of halogens is 2. The molecule has 1 N–H and O–H groups in total. The van der Waals surface area contributed by atoms with Crippen LogP contribution in [0.15, 0.2) is 65.6 Å². The molecule has 3 aromatic rings. The van der Waals surface area contributed by atoms with Crippen molar-refractivity contribution in [3.63, 3.8) is 0 Å². The highest BCUT2D eigenvalue weighted by molar-refractivity contribution is 7.12. The summed E-state index contributed by atoms with van der Waals surface area (Å²) in [5, 5.41) is 2.58. The van der Waals surface area contributed by atoms with Crippen LogP contribution in [0, 0.1) is 5.82 Å². The number of hydrogen-bond donors (Lipinski definition) is 1. The maximum Gasteiger partial charge on any atom is 0.353 e. The van der Waals surface area contributed by atoms with Gasteiger partial charge in [0.05, 0.1) is 10.7 Å². The second kappa shape index (κ2) is 8.10. The SMILES string of the molecule is O=C1NN(c2ccc(F)c(Cl)c2)C(=O)/C1=C/c1cccc(OC(=O)c2cccs2)c1. The van der Waals surface area contributed by atoms with Crippen molar-refractivity contribution in [3.8, 4) is 5.75 Å². The number of hydrazine groups is 1. The van der Waals surface area contributed by atoms with Gasteiger partial charge < -0.3 is 4.74 Å². The summed E-state index contributed by atoms with van der Waals surface area (Å²) in [5.41, 5.74) is 3.00. The maximum absolute atomic E-state index is 13.4. The molecular formula is C21H12ClFN2O4S. The number of carbonyl (C=O) groups is 3. The Morgan fingerprint density at radius 1 is 1.13 bits per heavy atom. The quantitative estimate of drug-likeness (QED) is 0.284. The number of nitrogens with zero attached hydrogens (tertiary/aromatic N) is 1. The van der Waals surface area contributed by atoms with E-state index < -0.39 is 23.6 Å². The van der Waals surface area contributed by atoms with Crippen LogP contribution in [0.3, 0.4) is 0 Å². The lowest BCUT2D eigenvalue weighted by Crippen LogP contribution is -2.35. The molecule has 0 spiro atoms. The molecular weight excluding hydrogens is 431 g/mol. The first-order valence-corrected chi connectivity index (χ1v) is 9.86. The molecule has 1 aromatic heterocycles. The van der Waals surface area contributed by atoms with E-state index in [0.717, 1.165) is 11.1 Å². The molecule has 9 heteroatoms. The summed E-state index contributed by atoms with van der Waals surface area (Å²) < 4.78 is 18.7. The second-order valence-corrected chi connectivity index (χ2v) is 7.53. The summed E-state index contributed by atoms with van der Waals surface area (Å²) in [6.45, 7) is 0. The van der Waals surface area contributed by atoms with Gasteiger partial charge in [0.25, 0.3) is 11.8 Å². The van der Waals surface area contributed by atoms with E-state index in [-0.39, 0.29) is 22.0 Å². The average molecular weight is 443 g/mol. The van der Waals surface area contributed by atoms with Gasteiger partial charge in [-0.2, -0.15) is 0 Å². The Bertz CT molecular complexity index is 1190. The van der Waals surface area contributed by atoms with E-state index in [4.69, 9.17) is 16.3 Å². The molecule has 6 nitrogen and oxygen atoms in total. The molecule has 0 aliphatic carbocycles.